The standard InChI is InChI=1S/C16H24N4OS/c1-10(15(21)17-12-4-2-3-5-12)22-16-19-18-14(11-6-7-11)20(16)13-8-9-13/h10-13H,2-9H2,1H3,(H,17,21)/t10-/m1/s1. The van der Waals surface area contributed by atoms with Crippen LogP contribution in [-0.2, 0) is 4.79 Å². The fourth-order valence-corrected chi connectivity index (χ4v) is 4.20. The molecule has 3 saturated carbocycles. The van der Waals surface area contributed by atoms with Crippen LogP contribution in [0.5, 0.6) is 0 Å². The van der Waals surface area contributed by atoms with E-state index in [1.54, 1.807) is 11.8 Å². The van der Waals surface area contributed by atoms with Crippen molar-refractivity contribution in [3.63, 3.8) is 0 Å². The molecule has 1 heterocycles. The van der Waals surface area contributed by atoms with E-state index in [4.69, 9.17) is 0 Å². The molecule has 22 heavy (non-hydrogen) atoms. The summed E-state index contributed by atoms with van der Waals surface area (Å²) in [5, 5.41) is 12.8. The molecule has 5 nitrogen and oxygen atoms in total. The number of carbonyl (C=O) groups excluding carboxylic acids is 1. The Kier molecular flexibility index (Phi) is 3.88. The van der Waals surface area contributed by atoms with E-state index in [-0.39, 0.29) is 11.2 Å². The van der Waals surface area contributed by atoms with Gasteiger partial charge >= 0.3 is 0 Å². The van der Waals surface area contributed by atoms with Crippen molar-refractivity contribution >= 4 is 17.7 Å². The summed E-state index contributed by atoms with van der Waals surface area (Å²) in [7, 11) is 0. The van der Waals surface area contributed by atoms with Crippen molar-refractivity contribution in [2.24, 2.45) is 0 Å². The van der Waals surface area contributed by atoms with Crippen LogP contribution in [0, 0.1) is 0 Å². The minimum Gasteiger partial charge on any atom is -0.352 e. The molecule has 3 fully saturated rings. The second-order valence-electron chi connectivity index (χ2n) is 6.97. The zero-order valence-electron chi connectivity index (χ0n) is 13.1. The molecule has 0 radical (unpaired) electrons. The molecule has 6 heteroatoms. The van der Waals surface area contributed by atoms with Crippen LogP contribution in [-0.4, -0.2) is 32.0 Å². The van der Waals surface area contributed by atoms with Crippen LogP contribution in [0.2, 0.25) is 0 Å². The first-order chi connectivity index (χ1) is 10.7. The van der Waals surface area contributed by atoms with Crippen molar-refractivity contribution < 1.29 is 4.79 Å². The molecule has 1 N–H and O–H groups in total. The molecule has 1 aromatic heterocycles. The average molecular weight is 320 g/mol. The summed E-state index contributed by atoms with van der Waals surface area (Å²) < 4.78 is 2.32. The van der Waals surface area contributed by atoms with Crippen LogP contribution in [0.25, 0.3) is 0 Å². The van der Waals surface area contributed by atoms with Gasteiger partial charge in [0.15, 0.2) is 5.16 Å². The number of rotatable bonds is 6. The Hall–Kier alpha value is -1.04. The third-order valence-corrected chi connectivity index (χ3v) is 5.96. The Labute approximate surface area is 135 Å². The van der Waals surface area contributed by atoms with E-state index in [1.165, 1.54) is 38.5 Å². The monoisotopic (exact) mass is 320 g/mol. The van der Waals surface area contributed by atoms with E-state index >= 15 is 0 Å². The molecule has 1 amide bonds. The van der Waals surface area contributed by atoms with Crippen LogP contribution in [0.4, 0.5) is 0 Å². The maximum Gasteiger partial charge on any atom is 0.233 e. The van der Waals surface area contributed by atoms with Crippen molar-refractivity contribution in [1.29, 1.82) is 0 Å². The van der Waals surface area contributed by atoms with Crippen LogP contribution >= 0.6 is 11.8 Å². The van der Waals surface area contributed by atoms with Gasteiger partial charge in [-0.2, -0.15) is 0 Å². The number of aromatic nitrogens is 3. The summed E-state index contributed by atoms with van der Waals surface area (Å²) in [6.07, 6.45) is 9.70. The molecule has 3 aliphatic rings. The lowest BCUT2D eigenvalue weighted by Gasteiger charge is -2.16. The lowest BCUT2D eigenvalue weighted by atomic mass is 10.2. The molecule has 0 saturated heterocycles. The first-order valence-electron chi connectivity index (χ1n) is 8.64. The number of hydrogen-bond acceptors (Lipinski definition) is 4. The molecule has 4 rings (SSSR count). The molecule has 1 atom stereocenters. The number of nitrogens with one attached hydrogen (secondary N) is 1. The summed E-state index contributed by atoms with van der Waals surface area (Å²) in [6, 6.07) is 0.970. The highest BCUT2D eigenvalue weighted by molar-refractivity contribution is 8.00. The fourth-order valence-electron chi connectivity index (χ4n) is 3.26. The van der Waals surface area contributed by atoms with E-state index in [0.29, 0.717) is 18.0 Å². The van der Waals surface area contributed by atoms with Gasteiger partial charge in [0.25, 0.3) is 0 Å². The molecule has 120 valence electrons. The smallest absolute Gasteiger partial charge is 0.233 e. The molecule has 0 aromatic carbocycles. The highest BCUT2D eigenvalue weighted by Crippen LogP contribution is 2.46. The predicted molar refractivity (Wildman–Crippen MR) is 86.0 cm³/mol. The predicted octanol–water partition coefficient (Wildman–Crippen LogP) is 3.03. The van der Waals surface area contributed by atoms with Crippen LogP contribution in [0.3, 0.4) is 0 Å². The highest BCUT2D eigenvalue weighted by Gasteiger charge is 2.37. The lowest BCUT2D eigenvalue weighted by Crippen LogP contribution is -2.37. The number of amides is 1. The summed E-state index contributed by atoms with van der Waals surface area (Å²) in [5.41, 5.74) is 0. The van der Waals surface area contributed by atoms with Crippen molar-refractivity contribution in [2.45, 2.75) is 86.7 Å². The van der Waals surface area contributed by atoms with Crippen molar-refractivity contribution in [1.82, 2.24) is 20.1 Å². The van der Waals surface area contributed by atoms with Crippen LogP contribution < -0.4 is 5.32 Å². The summed E-state index contributed by atoms with van der Waals surface area (Å²) in [6.45, 7) is 1.98. The number of carbonyl (C=O) groups is 1. The second-order valence-corrected chi connectivity index (χ2v) is 8.27. The molecular formula is C16H24N4OS. The Bertz CT molecular complexity index is 558. The Morgan fingerprint density at radius 3 is 2.55 bits per heavy atom. The largest absolute Gasteiger partial charge is 0.352 e. The van der Waals surface area contributed by atoms with Gasteiger partial charge in [0.2, 0.25) is 5.91 Å². The minimum atomic E-state index is -0.102. The molecule has 1 aromatic rings. The fraction of sp³-hybridized carbons (Fsp3) is 0.812. The highest BCUT2D eigenvalue weighted by atomic mass is 32.2. The van der Waals surface area contributed by atoms with Gasteiger partial charge < -0.3 is 9.88 Å². The maximum absolute atomic E-state index is 12.4. The first kappa shape index (κ1) is 14.5. The number of nitrogens with zero attached hydrogens (tertiary/aromatic N) is 3. The van der Waals surface area contributed by atoms with E-state index < -0.39 is 0 Å². The van der Waals surface area contributed by atoms with Gasteiger partial charge in [-0.3, -0.25) is 4.79 Å². The van der Waals surface area contributed by atoms with E-state index in [2.05, 4.69) is 20.1 Å². The van der Waals surface area contributed by atoms with Gasteiger partial charge in [-0.25, -0.2) is 0 Å². The molecular weight excluding hydrogens is 296 g/mol. The van der Waals surface area contributed by atoms with E-state index in [0.717, 1.165) is 23.8 Å². The van der Waals surface area contributed by atoms with Crippen LogP contribution in [0.1, 0.15) is 76.1 Å². The van der Waals surface area contributed by atoms with Gasteiger partial charge in [-0.1, -0.05) is 24.6 Å². The molecule has 0 bridgehead atoms. The third kappa shape index (κ3) is 3.03. The zero-order valence-corrected chi connectivity index (χ0v) is 13.9. The van der Waals surface area contributed by atoms with Crippen LogP contribution in [0.15, 0.2) is 5.16 Å². The van der Waals surface area contributed by atoms with Gasteiger partial charge in [0.1, 0.15) is 5.82 Å². The average Bonchev–Trinajstić information content (AvgIpc) is 3.43. The quantitative estimate of drug-likeness (QED) is 0.819. The molecule has 0 aliphatic heterocycles. The molecule has 3 aliphatic carbocycles. The minimum absolute atomic E-state index is 0.102. The lowest BCUT2D eigenvalue weighted by molar-refractivity contribution is -0.120. The molecule has 0 unspecified atom stereocenters. The zero-order chi connectivity index (χ0) is 15.1. The van der Waals surface area contributed by atoms with Crippen molar-refractivity contribution in [3.05, 3.63) is 5.82 Å². The first-order valence-corrected chi connectivity index (χ1v) is 9.52. The SMILES string of the molecule is C[C@@H](Sc1nnc(C2CC2)n1C1CC1)C(=O)NC1CCCC1. The number of thioether (sulfide) groups is 1. The Morgan fingerprint density at radius 2 is 1.91 bits per heavy atom. The summed E-state index contributed by atoms with van der Waals surface area (Å²) >= 11 is 1.57. The molecule has 0 spiro atoms. The van der Waals surface area contributed by atoms with Gasteiger partial charge in [0, 0.05) is 18.0 Å². The van der Waals surface area contributed by atoms with Crippen molar-refractivity contribution in [3.8, 4) is 0 Å². The van der Waals surface area contributed by atoms with E-state index in [9.17, 15) is 4.79 Å². The topological polar surface area (TPSA) is 59.8 Å². The Morgan fingerprint density at radius 1 is 1.18 bits per heavy atom. The summed E-state index contributed by atoms with van der Waals surface area (Å²) in [5.74, 6) is 1.92. The van der Waals surface area contributed by atoms with Crippen molar-refractivity contribution in [2.75, 3.05) is 0 Å². The third-order valence-electron chi connectivity index (χ3n) is 4.90. The summed E-state index contributed by atoms with van der Waals surface area (Å²) in [4.78, 5) is 12.4. The maximum atomic E-state index is 12.4. The Balaban J connectivity index is 1.42. The normalized spacial score (nSPS) is 23.7. The van der Waals surface area contributed by atoms with Gasteiger partial charge in [-0.15, -0.1) is 10.2 Å². The second kappa shape index (κ2) is 5.87. The van der Waals surface area contributed by atoms with E-state index in [1.807, 2.05) is 6.92 Å². The van der Waals surface area contributed by atoms with Gasteiger partial charge in [-0.05, 0) is 45.4 Å². The number of hydrogen-bond donors (Lipinski definition) is 1. The van der Waals surface area contributed by atoms with Gasteiger partial charge in [0.05, 0.1) is 5.25 Å².